The van der Waals surface area contributed by atoms with Crippen molar-refractivity contribution in [3.05, 3.63) is 24.4 Å². The molecule has 3 aliphatic heterocycles. The zero-order chi connectivity index (χ0) is 18.2. The third kappa shape index (κ3) is 3.36. The molecule has 146 valence electrons. The Hall–Kier alpha value is -1.58. The van der Waals surface area contributed by atoms with Crippen LogP contribution in [-0.2, 0) is 4.79 Å². The number of rotatable bonds is 3. The van der Waals surface area contributed by atoms with Crippen molar-refractivity contribution in [3.63, 3.8) is 0 Å². The Labute approximate surface area is 163 Å². The average molecular weight is 368 g/mol. The molecule has 4 fully saturated rings. The molecule has 27 heavy (non-hydrogen) atoms. The predicted molar refractivity (Wildman–Crippen MR) is 108 cm³/mol. The van der Waals surface area contributed by atoms with Gasteiger partial charge in [0.25, 0.3) is 0 Å². The van der Waals surface area contributed by atoms with Crippen molar-refractivity contribution < 1.29 is 4.79 Å². The highest BCUT2D eigenvalue weighted by Gasteiger charge is 2.49. The van der Waals surface area contributed by atoms with E-state index < -0.39 is 0 Å². The number of hydrogen-bond donors (Lipinski definition) is 0. The van der Waals surface area contributed by atoms with Gasteiger partial charge in [0.15, 0.2) is 0 Å². The lowest BCUT2D eigenvalue weighted by Gasteiger charge is -2.57. The second-order valence-electron chi connectivity index (χ2n) is 9.42. The Morgan fingerprint density at radius 1 is 1.00 bits per heavy atom. The van der Waals surface area contributed by atoms with Gasteiger partial charge in [0.2, 0.25) is 5.91 Å². The minimum Gasteiger partial charge on any atom is -0.356 e. The number of aromatic nitrogens is 1. The molecule has 4 nitrogen and oxygen atoms in total. The Balaban J connectivity index is 1.41. The first-order valence-electron chi connectivity index (χ1n) is 11.3. The fraction of sp³-hybridized carbons (Fsp3) is 0.739. The number of fused-ring (bicyclic) bond motifs is 4. The average Bonchev–Trinajstić information content (AvgIpc) is 2.72. The highest BCUT2D eigenvalue weighted by atomic mass is 16.2. The Morgan fingerprint density at radius 3 is 2.67 bits per heavy atom. The van der Waals surface area contributed by atoms with Crippen LogP contribution in [0.15, 0.2) is 24.4 Å². The van der Waals surface area contributed by atoms with Crippen molar-refractivity contribution >= 4 is 11.7 Å². The summed E-state index contributed by atoms with van der Waals surface area (Å²) in [6.07, 6.45) is 14.5. The van der Waals surface area contributed by atoms with Crippen LogP contribution < -0.4 is 4.90 Å². The molecule has 5 rings (SSSR count). The molecule has 3 saturated heterocycles. The first kappa shape index (κ1) is 17.5. The molecule has 0 N–H and O–H groups in total. The van der Waals surface area contributed by atoms with E-state index in [9.17, 15) is 4.79 Å². The summed E-state index contributed by atoms with van der Waals surface area (Å²) < 4.78 is 0. The maximum atomic E-state index is 13.0. The van der Waals surface area contributed by atoms with Crippen LogP contribution in [0.5, 0.6) is 0 Å². The minimum atomic E-state index is 0.452. The maximum Gasteiger partial charge on any atom is 0.223 e. The first-order valence-corrected chi connectivity index (χ1v) is 11.3. The molecule has 4 heterocycles. The van der Waals surface area contributed by atoms with Crippen molar-refractivity contribution in [1.82, 2.24) is 9.88 Å². The van der Waals surface area contributed by atoms with Gasteiger partial charge in [0.1, 0.15) is 5.82 Å². The molecule has 1 aliphatic carbocycles. The number of anilines is 1. The van der Waals surface area contributed by atoms with Gasteiger partial charge < -0.3 is 9.80 Å². The lowest BCUT2D eigenvalue weighted by atomic mass is 9.69. The third-order valence-electron chi connectivity index (χ3n) is 7.77. The van der Waals surface area contributed by atoms with Gasteiger partial charge in [0.05, 0.1) is 0 Å². The van der Waals surface area contributed by atoms with Crippen LogP contribution in [0, 0.1) is 17.8 Å². The molecule has 0 aromatic carbocycles. The second-order valence-corrected chi connectivity index (χ2v) is 9.42. The lowest BCUT2D eigenvalue weighted by Crippen LogP contribution is -2.65. The highest BCUT2D eigenvalue weighted by molar-refractivity contribution is 5.78. The molecule has 1 amide bonds. The van der Waals surface area contributed by atoms with Crippen LogP contribution in [0.1, 0.15) is 64.2 Å². The second kappa shape index (κ2) is 7.44. The number of carbonyl (C=O) groups is 1. The van der Waals surface area contributed by atoms with E-state index in [1.807, 2.05) is 12.3 Å². The van der Waals surface area contributed by atoms with E-state index in [0.717, 1.165) is 37.7 Å². The molecule has 0 radical (unpaired) electrons. The Morgan fingerprint density at radius 2 is 1.85 bits per heavy atom. The number of amides is 1. The molecule has 0 spiro atoms. The maximum absolute atomic E-state index is 13.0. The van der Waals surface area contributed by atoms with E-state index in [4.69, 9.17) is 0 Å². The molecule has 4 aliphatic rings. The van der Waals surface area contributed by atoms with Crippen LogP contribution >= 0.6 is 0 Å². The highest BCUT2D eigenvalue weighted by Crippen LogP contribution is 2.45. The summed E-state index contributed by atoms with van der Waals surface area (Å²) in [6, 6.07) is 7.20. The summed E-state index contributed by atoms with van der Waals surface area (Å²) in [5.74, 6) is 3.65. The SMILES string of the molecule is O=C1CCC[C@H]2[C@@H]3C[C@@H](CN(c4ccccn4)C3)[C@H](CC3CCCCC3)N12. The van der Waals surface area contributed by atoms with E-state index in [1.54, 1.807) is 0 Å². The summed E-state index contributed by atoms with van der Waals surface area (Å²) in [5.41, 5.74) is 0. The van der Waals surface area contributed by atoms with Crippen LogP contribution in [-0.4, -0.2) is 41.0 Å². The molecule has 1 aromatic rings. The zero-order valence-corrected chi connectivity index (χ0v) is 16.4. The third-order valence-corrected chi connectivity index (χ3v) is 7.77. The van der Waals surface area contributed by atoms with Crippen LogP contribution in [0.2, 0.25) is 0 Å². The number of nitrogens with zero attached hydrogens (tertiary/aromatic N) is 3. The normalized spacial score (nSPS) is 34.4. The van der Waals surface area contributed by atoms with E-state index in [0.29, 0.717) is 29.8 Å². The fourth-order valence-electron chi connectivity index (χ4n) is 6.57. The van der Waals surface area contributed by atoms with E-state index in [2.05, 4.69) is 26.9 Å². The standard InChI is InChI=1S/C23H33N3O/c27-23-11-6-9-20-18-14-19(16-25(15-18)22-10-4-5-12-24-22)21(26(20)23)13-17-7-2-1-3-8-17/h4-5,10,12,17-21H,1-3,6-9,11,13-16H2/t18-,19+,20+,21+/m1/s1. The molecular formula is C23H33N3O. The van der Waals surface area contributed by atoms with Gasteiger partial charge in [-0.1, -0.05) is 38.2 Å². The van der Waals surface area contributed by atoms with Crippen LogP contribution in [0.25, 0.3) is 0 Å². The van der Waals surface area contributed by atoms with Gasteiger partial charge in [-0.3, -0.25) is 4.79 Å². The minimum absolute atomic E-state index is 0.452. The molecule has 4 atom stereocenters. The molecule has 1 aromatic heterocycles. The lowest BCUT2D eigenvalue weighted by molar-refractivity contribution is -0.149. The fourth-order valence-corrected chi connectivity index (χ4v) is 6.57. The van der Waals surface area contributed by atoms with Gasteiger partial charge in [-0.15, -0.1) is 0 Å². The quantitative estimate of drug-likeness (QED) is 0.801. The zero-order valence-electron chi connectivity index (χ0n) is 16.4. The predicted octanol–water partition coefficient (Wildman–Crippen LogP) is 4.26. The monoisotopic (exact) mass is 367 g/mol. The van der Waals surface area contributed by atoms with E-state index in [-0.39, 0.29) is 0 Å². The van der Waals surface area contributed by atoms with Gasteiger partial charge in [-0.2, -0.15) is 0 Å². The van der Waals surface area contributed by atoms with Crippen molar-refractivity contribution in [2.45, 2.75) is 76.3 Å². The Kier molecular flexibility index (Phi) is 4.83. The van der Waals surface area contributed by atoms with Gasteiger partial charge >= 0.3 is 0 Å². The van der Waals surface area contributed by atoms with E-state index in [1.165, 1.54) is 51.4 Å². The number of piperidine rings is 3. The summed E-state index contributed by atoms with van der Waals surface area (Å²) >= 11 is 0. The molecule has 1 saturated carbocycles. The van der Waals surface area contributed by atoms with Crippen molar-refractivity contribution in [2.75, 3.05) is 18.0 Å². The van der Waals surface area contributed by atoms with Gasteiger partial charge in [0, 0.05) is 37.8 Å². The van der Waals surface area contributed by atoms with Crippen molar-refractivity contribution in [2.24, 2.45) is 17.8 Å². The van der Waals surface area contributed by atoms with Gasteiger partial charge in [-0.05, 0) is 55.6 Å². The molecular weight excluding hydrogens is 334 g/mol. The Bertz CT molecular complexity index is 657. The molecule has 2 bridgehead atoms. The largest absolute Gasteiger partial charge is 0.356 e. The first-order chi connectivity index (χ1) is 13.3. The van der Waals surface area contributed by atoms with Crippen molar-refractivity contribution in [3.8, 4) is 0 Å². The number of pyridine rings is 1. The van der Waals surface area contributed by atoms with Crippen LogP contribution in [0.3, 0.4) is 0 Å². The van der Waals surface area contributed by atoms with E-state index >= 15 is 0 Å². The molecule has 0 unspecified atom stereocenters. The molecule has 4 heteroatoms. The summed E-state index contributed by atoms with van der Waals surface area (Å²) in [7, 11) is 0. The summed E-state index contributed by atoms with van der Waals surface area (Å²) in [5, 5.41) is 0. The smallest absolute Gasteiger partial charge is 0.223 e. The number of carbonyl (C=O) groups excluding carboxylic acids is 1. The van der Waals surface area contributed by atoms with Crippen LogP contribution in [0.4, 0.5) is 5.82 Å². The number of hydrogen-bond acceptors (Lipinski definition) is 3. The van der Waals surface area contributed by atoms with Crippen molar-refractivity contribution in [1.29, 1.82) is 0 Å². The summed E-state index contributed by atoms with van der Waals surface area (Å²) in [6.45, 7) is 2.14. The topological polar surface area (TPSA) is 36.4 Å². The summed E-state index contributed by atoms with van der Waals surface area (Å²) in [4.78, 5) is 22.5. The van der Waals surface area contributed by atoms with Gasteiger partial charge in [-0.25, -0.2) is 4.98 Å².